The molecule has 2 nitrogen and oxygen atoms in total. The second-order valence-electron chi connectivity index (χ2n) is 4.78. The highest BCUT2D eigenvalue weighted by Crippen LogP contribution is 2.23. The molecule has 0 aliphatic carbocycles. The third kappa shape index (κ3) is 3.60. The summed E-state index contributed by atoms with van der Waals surface area (Å²) in [5.74, 6) is -0.129. The minimum atomic E-state index is -1.46. The number of benzene rings is 2. The molecule has 2 rings (SSSR count). The largest absolute Gasteiger partial charge is 0.293 e. The topological polar surface area (TPSA) is 34.1 Å². The van der Waals surface area contributed by atoms with Gasteiger partial charge in [-0.2, -0.15) is 0 Å². The van der Waals surface area contributed by atoms with Crippen molar-refractivity contribution in [2.24, 2.45) is 0 Å². The molecular formula is C17H17ClO2S. The van der Waals surface area contributed by atoms with Crippen LogP contribution in [0.2, 0.25) is 5.02 Å². The number of ketones is 1. The van der Waals surface area contributed by atoms with E-state index in [1.54, 1.807) is 43.3 Å². The number of hydrogen-bond acceptors (Lipinski definition) is 2. The summed E-state index contributed by atoms with van der Waals surface area (Å²) in [6, 6.07) is 14.4. The van der Waals surface area contributed by atoms with Crippen LogP contribution in [0.3, 0.4) is 0 Å². The van der Waals surface area contributed by atoms with Crippen LogP contribution >= 0.6 is 11.6 Å². The summed E-state index contributed by atoms with van der Waals surface area (Å²) in [7, 11) is -1.46. The van der Waals surface area contributed by atoms with Crippen LogP contribution in [0.25, 0.3) is 0 Å². The van der Waals surface area contributed by atoms with Crippen LogP contribution in [0, 0.1) is 0 Å². The number of aryl methyl sites for hydroxylation is 1. The molecule has 0 amide bonds. The summed E-state index contributed by atoms with van der Waals surface area (Å²) in [6.45, 7) is 3.74. The lowest BCUT2D eigenvalue weighted by atomic mass is 10.1. The van der Waals surface area contributed by atoms with Crippen molar-refractivity contribution in [3.63, 3.8) is 0 Å². The highest BCUT2D eigenvalue weighted by atomic mass is 35.5. The summed E-state index contributed by atoms with van der Waals surface area (Å²) in [4.78, 5) is 12.9. The molecule has 2 aromatic carbocycles. The number of Topliss-reactive ketones (excluding diaryl/α,β-unsaturated/α-hetero) is 1. The van der Waals surface area contributed by atoms with Gasteiger partial charge >= 0.3 is 0 Å². The zero-order valence-corrected chi connectivity index (χ0v) is 13.6. The Hall–Kier alpha value is -1.45. The van der Waals surface area contributed by atoms with Crippen molar-refractivity contribution in [1.82, 2.24) is 0 Å². The lowest BCUT2D eigenvalue weighted by molar-refractivity contribution is 0.0992. The third-order valence-electron chi connectivity index (χ3n) is 3.39. The average Bonchev–Trinajstić information content (AvgIpc) is 2.53. The molecule has 0 spiro atoms. The van der Waals surface area contributed by atoms with E-state index in [4.69, 9.17) is 11.6 Å². The van der Waals surface area contributed by atoms with Crippen LogP contribution in [-0.2, 0) is 17.2 Å². The standard InChI is InChI=1S/C17H17ClO2S/c1-3-13-8-10-14(11-9-13)17(19)12(2)21(20)16-7-5-4-6-15(16)18/h4-12H,3H2,1-2H3. The van der Waals surface area contributed by atoms with E-state index in [0.29, 0.717) is 15.5 Å². The van der Waals surface area contributed by atoms with Gasteiger partial charge < -0.3 is 0 Å². The molecule has 0 aliphatic rings. The van der Waals surface area contributed by atoms with Gasteiger partial charge in [-0.3, -0.25) is 9.00 Å². The minimum absolute atomic E-state index is 0.129. The molecule has 0 saturated heterocycles. The third-order valence-corrected chi connectivity index (χ3v) is 5.48. The number of rotatable bonds is 5. The maximum Gasteiger partial charge on any atom is 0.178 e. The van der Waals surface area contributed by atoms with Crippen molar-refractivity contribution in [1.29, 1.82) is 0 Å². The highest BCUT2D eigenvalue weighted by molar-refractivity contribution is 7.86. The molecule has 0 aliphatic heterocycles. The number of carbonyl (C=O) groups excluding carboxylic acids is 1. The average molecular weight is 321 g/mol. The van der Waals surface area contributed by atoms with Gasteiger partial charge in [-0.15, -0.1) is 0 Å². The van der Waals surface area contributed by atoms with Crippen LogP contribution in [0.5, 0.6) is 0 Å². The molecule has 21 heavy (non-hydrogen) atoms. The zero-order chi connectivity index (χ0) is 15.4. The zero-order valence-electron chi connectivity index (χ0n) is 12.0. The Kier molecular flexibility index (Phi) is 5.32. The Labute approximate surface area is 132 Å². The van der Waals surface area contributed by atoms with E-state index in [9.17, 15) is 9.00 Å². The number of hydrogen-bond donors (Lipinski definition) is 0. The molecule has 0 bridgehead atoms. The van der Waals surface area contributed by atoms with E-state index >= 15 is 0 Å². The monoisotopic (exact) mass is 320 g/mol. The van der Waals surface area contributed by atoms with Gasteiger partial charge in [-0.05, 0) is 31.0 Å². The Morgan fingerprint density at radius 3 is 2.33 bits per heavy atom. The molecule has 0 radical (unpaired) electrons. The van der Waals surface area contributed by atoms with Gasteiger partial charge in [-0.1, -0.05) is 54.9 Å². The van der Waals surface area contributed by atoms with Crippen LogP contribution in [0.1, 0.15) is 29.8 Å². The number of carbonyl (C=O) groups is 1. The first-order valence-electron chi connectivity index (χ1n) is 6.83. The van der Waals surface area contributed by atoms with E-state index in [2.05, 4.69) is 6.92 Å². The van der Waals surface area contributed by atoms with E-state index in [0.717, 1.165) is 6.42 Å². The van der Waals surface area contributed by atoms with Crippen LogP contribution in [0.4, 0.5) is 0 Å². The molecule has 0 aromatic heterocycles. The van der Waals surface area contributed by atoms with Crippen molar-refractivity contribution >= 4 is 28.2 Å². The first-order valence-corrected chi connectivity index (χ1v) is 8.42. The molecule has 2 unspecified atom stereocenters. The van der Waals surface area contributed by atoms with E-state index in [1.165, 1.54) is 5.56 Å². The van der Waals surface area contributed by atoms with E-state index in [1.807, 2.05) is 12.1 Å². The Morgan fingerprint density at radius 2 is 1.76 bits per heavy atom. The summed E-state index contributed by atoms with van der Waals surface area (Å²) in [6.07, 6.45) is 0.926. The van der Waals surface area contributed by atoms with Crippen molar-refractivity contribution in [2.75, 3.05) is 0 Å². The Balaban J connectivity index is 2.22. The predicted octanol–water partition coefficient (Wildman–Crippen LogP) is 4.28. The molecule has 4 heteroatoms. The summed E-state index contributed by atoms with van der Waals surface area (Å²) in [5, 5.41) is -0.200. The van der Waals surface area contributed by atoms with Crippen LogP contribution < -0.4 is 0 Å². The quantitative estimate of drug-likeness (QED) is 0.770. The van der Waals surface area contributed by atoms with E-state index < -0.39 is 16.0 Å². The Bertz CT molecular complexity index is 665. The van der Waals surface area contributed by atoms with Crippen LogP contribution in [0.15, 0.2) is 53.4 Å². The summed E-state index contributed by atoms with van der Waals surface area (Å²) >= 11 is 6.05. The smallest absolute Gasteiger partial charge is 0.178 e. The SMILES string of the molecule is CCc1ccc(C(=O)C(C)S(=O)c2ccccc2Cl)cc1. The maximum atomic E-state index is 12.5. The second kappa shape index (κ2) is 7.01. The van der Waals surface area contributed by atoms with Gasteiger partial charge in [0.1, 0.15) is 0 Å². The fourth-order valence-electron chi connectivity index (χ4n) is 2.03. The van der Waals surface area contributed by atoms with Gasteiger partial charge in [0, 0.05) is 5.56 Å². The maximum absolute atomic E-state index is 12.5. The summed E-state index contributed by atoms with van der Waals surface area (Å²) in [5.41, 5.74) is 1.76. The first-order chi connectivity index (χ1) is 10.0. The molecule has 110 valence electrons. The minimum Gasteiger partial charge on any atom is -0.293 e. The van der Waals surface area contributed by atoms with Crippen molar-refractivity contribution in [3.8, 4) is 0 Å². The second-order valence-corrected chi connectivity index (χ2v) is 6.93. The molecule has 2 atom stereocenters. The summed E-state index contributed by atoms with van der Waals surface area (Å²) < 4.78 is 12.5. The van der Waals surface area contributed by atoms with Gasteiger partial charge in [0.25, 0.3) is 0 Å². The fourth-order valence-corrected chi connectivity index (χ4v) is 3.58. The molecular weight excluding hydrogens is 304 g/mol. The molecule has 0 heterocycles. The predicted molar refractivity (Wildman–Crippen MR) is 87.5 cm³/mol. The lowest BCUT2D eigenvalue weighted by Crippen LogP contribution is -2.23. The van der Waals surface area contributed by atoms with Crippen molar-refractivity contribution in [3.05, 3.63) is 64.7 Å². The lowest BCUT2D eigenvalue weighted by Gasteiger charge is -2.12. The van der Waals surface area contributed by atoms with Crippen molar-refractivity contribution in [2.45, 2.75) is 30.4 Å². The van der Waals surface area contributed by atoms with E-state index in [-0.39, 0.29) is 5.78 Å². The van der Waals surface area contributed by atoms with Gasteiger partial charge in [0.2, 0.25) is 0 Å². The molecule has 0 saturated carbocycles. The highest BCUT2D eigenvalue weighted by Gasteiger charge is 2.24. The first kappa shape index (κ1) is 15.9. The molecule has 0 N–H and O–H groups in total. The number of halogens is 1. The van der Waals surface area contributed by atoms with Gasteiger partial charge in [0.05, 0.1) is 26.0 Å². The van der Waals surface area contributed by atoms with Crippen LogP contribution in [-0.4, -0.2) is 15.2 Å². The fraction of sp³-hybridized carbons (Fsp3) is 0.235. The molecule has 2 aromatic rings. The molecule has 0 fully saturated rings. The Morgan fingerprint density at radius 1 is 1.14 bits per heavy atom. The normalized spacial score (nSPS) is 13.7. The van der Waals surface area contributed by atoms with Gasteiger partial charge in [0.15, 0.2) is 5.78 Å². The van der Waals surface area contributed by atoms with Gasteiger partial charge in [-0.25, -0.2) is 0 Å². The van der Waals surface area contributed by atoms with Crippen molar-refractivity contribution < 1.29 is 9.00 Å².